The summed E-state index contributed by atoms with van der Waals surface area (Å²) in [6.45, 7) is 2.19. The first-order valence-electron chi connectivity index (χ1n) is 5.69. The average molecular weight is 217 g/mol. The number of aromatic nitrogens is 3. The summed E-state index contributed by atoms with van der Waals surface area (Å²) in [5.74, 6) is 0.633. The van der Waals surface area contributed by atoms with Crippen LogP contribution in [0.3, 0.4) is 0 Å². The van der Waals surface area contributed by atoms with Crippen molar-refractivity contribution in [1.82, 2.24) is 14.6 Å². The predicted molar refractivity (Wildman–Crippen MR) is 63.5 cm³/mol. The van der Waals surface area contributed by atoms with Gasteiger partial charge in [0.1, 0.15) is 11.5 Å². The third-order valence-electron chi connectivity index (χ3n) is 3.11. The Morgan fingerprint density at radius 3 is 2.81 bits per heavy atom. The Kier molecular flexibility index (Phi) is 2.16. The van der Waals surface area contributed by atoms with Crippen molar-refractivity contribution in [3.8, 4) is 0 Å². The molecular formula is C11H15N5. The number of rotatable bonds is 1. The van der Waals surface area contributed by atoms with Gasteiger partial charge in [-0.05, 0) is 25.3 Å². The molecular weight excluding hydrogens is 202 g/mol. The highest BCUT2D eigenvalue weighted by atomic mass is 15.3. The second-order valence-corrected chi connectivity index (χ2v) is 4.18. The molecule has 5 nitrogen and oxygen atoms in total. The molecule has 1 fully saturated rings. The van der Waals surface area contributed by atoms with Crippen LogP contribution in [0.5, 0.6) is 0 Å². The van der Waals surface area contributed by atoms with E-state index in [4.69, 9.17) is 5.73 Å². The zero-order valence-electron chi connectivity index (χ0n) is 9.13. The molecule has 0 spiro atoms. The van der Waals surface area contributed by atoms with Gasteiger partial charge in [-0.3, -0.25) is 0 Å². The molecule has 2 aromatic heterocycles. The molecule has 0 atom stereocenters. The molecule has 16 heavy (non-hydrogen) atoms. The molecule has 84 valence electrons. The van der Waals surface area contributed by atoms with Crippen LogP contribution in [0.2, 0.25) is 0 Å². The number of hydrogen-bond donors (Lipinski definition) is 1. The summed E-state index contributed by atoms with van der Waals surface area (Å²) in [4.78, 5) is 6.70. The van der Waals surface area contributed by atoms with Crippen LogP contribution in [0.4, 0.5) is 11.5 Å². The fourth-order valence-electron chi connectivity index (χ4n) is 2.26. The maximum atomic E-state index is 5.84. The molecule has 0 bridgehead atoms. The summed E-state index contributed by atoms with van der Waals surface area (Å²) in [6, 6.07) is 1.76. The van der Waals surface area contributed by atoms with Gasteiger partial charge in [-0.15, -0.1) is 0 Å². The van der Waals surface area contributed by atoms with E-state index in [9.17, 15) is 0 Å². The van der Waals surface area contributed by atoms with Gasteiger partial charge >= 0.3 is 0 Å². The van der Waals surface area contributed by atoms with Gasteiger partial charge < -0.3 is 10.6 Å². The van der Waals surface area contributed by atoms with Crippen LogP contribution in [-0.2, 0) is 0 Å². The summed E-state index contributed by atoms with van der Waals surface area (Å²) in [5, 5.41) is 4.28. The largest absolute Gasteiger partial charge is 0.384 e. The maximum absolute atomic E-state index is 5.84. The molecule has 5 heteroatoms. The van der Waals surface area contributed by atoms with Gasteiger partial charge in [0.05, 0.1) is 6.20 Å². The molecule has 1 aliphatic rings. The standard InChI is InChI=1S/C11H15N5/c12-10-4-5-13-11-9(8-14-16(10)11)15-6-2-1-3-7-15/h4-5,8H,1-3,6-7,12H2. The molecule has 0 amide bonds. The van der Waals surface area contributed by atoms with E-state index in [0.29, 0.717) is 5.82 Å². The smallest absolute Gasteiger partial charge is 0.180 e. The number of hydrogen-bond acceptors (Lipinski definition) is 4. The number of nitrogens with zero attached hydrogens (tertiary/aromatic N) is 4. The van der Waals surface area contributed by atoms with E-state index in [2.05, 4.69) is 15.0 Å². The molecule has 0 aromatic carbocycles. The van der Waals surface area contributed by atoms with Crippen molar-refractivity contribution in [3.63, 3.8) is 0 Å². The average Bonchev–Trinajstić information content (AvgIpc) is 2.75. The van der Waals surface area contributed by atoms with Crippen LogP contribution in [0.1, 0.15) is 19.3 Å². The van der Waals surface area contributed by atoms with E-state index in [0.717, 1.165) is 24.4 Å². The minimum atomic E-state index is 0.633. The zero-order chi connectivity index (χ0) is 11.0. The highest BCUT2D eigenvalue weighted by molar-refractivity contribution is 5.69. The first-order valence-corrected chi connectivity index (χ1v) is 5.69. The highest BCUT2D eigenvalue weighted by Crippen LogP contribution is 2.24. The second-order valence-electron chi connectivity index (χ2n) is 4.18. The lowest BCUT2D eigenvalue weighted by Crippen LogP contribution is -2.29. The van der Waals surface area contributed by atoms with Gasteiger partial charge in [-0.1, -0.05) is 0 Å². The Morgan fingerprint density at radius 2 is 2.00 bits per heavy atom. The molecule has 0 aliphatic carbocycles. The fraction of sp³-hybridized carbons (Fsp3) is 0.455. The van der Waals surface area contributed by atoms with Crippen molar-refractivity contribution < 1.29 is 0 Å². The van der Waals surface area contributed by atoms with Crippen LogP contribution in [0.25, 0.3) is 5.65 Å². The lowest BCUT2D eigenvalue weighted by atomic mass is 10.1. The predicted octanol–water partition coefficient (Wildman–Crippen LogP) is 1.30. The van der Waals surface area contributed by atoms with Crippen molar-refractivity contribution in [2.45, 2.75) is 19.3 Å². The Hall–Kier alpha value is -1.78. The molecule has 1 aliphatic heterocycles. The van der Waals surface area contributed by atoms with Crippen molar-refractivity contribution in [2.24, 2.45) is 0 Å². The summed E-state index contributed by atoms with van der Waals surface area (Å²) in [5.41, 5.74) is 7.81. The number of nitrogens with two attached hydrogens (primary N) is 1. The number of piperidine rings is 1. The summed E-state index contributed by atoms with van der Waals surface area (Å²) < 4.78 is 1.70. The highest BCUT2D eigenvalue weighted by Gasteiger charge is 2.16. The van der Waals surface area contributed by atoms with Crippen molar-refractivity contribution in [1.29, 1.82) is 0 Å². The van der Waals surface area contributed by atoms with Crippen LogP contribution in [-0.4, -0.2) is 27.7 Å². The molecule has 1 saturated heterocycles. The van der Waals surface area contributed by atoms with Crippen LogP contribution < -0.4 is 10.6 Å². The lowest BCUT2D eigenvalue weighted by molar-refractivity contribution is 0.578. The first kappa shape index (κ1) is 9.45. The van der Waals surface area contributed by atoms with Crippen LogP contribution >= 0.6 is 0 Å². The number of anilines is 2. The summed E-state index contributed by atoms with van der Waals surface area (Å²) in [7, 11) is 0. The zero-order valence-corrected chi connectivity index (χ0v) is 9.13. The van der Waals surface area contributed by atoms with E-state index in [1.165, 1.54) is 19.3 Å². The summed E-state index contributed by atoms with van der Waals surface area (Å²) >= 11 is 0. The van der Waals surface area contributed by atoms with Gasteiger partial charge in [0.15, 0.2) is 5.65 Å². The number of fused-ring (bicyclic) bond motifs is 1. The Bertz CT molecular complexity index is 498. The van der Waals surface area contributed by atoms with Crippen LogP contribution in [0.15, 0.2) is 18.5 Å². The van der Waals surface area contributed by atoms with Crippen molar-refractivity contribution >= 4 is 17.2 Å². The van der Waals surface area contributed by atoms with E-state index >= 15 is 0 Å². The Labute approximate surface area is 93.9 Å². The quantitative estimate of drug-likeness (QED) is 0.782. The van der Waals surface area contributed by atoms with Gasteiger partial charge in [0.25, 0.3) is 0 Å². The first-order chi connectivity index (χ1) is 7.86. The van der Waals surface area contributed by atoms with Crippen molar-refractivity contribution in [3.05, 3.63) is 18.5 Å². The molecule has 3 heterocycles. The van der Waals surface area contributed by atoms with Gasteiger partial charge in [0.2, 0.25) is 0 Å². The molecule has 3 rings (SSSR count). The Morgan fingerprint density at radius 1 is 1.19 bits per heavy atom. The number of nitrogen functional groups attached to an aromatic ring is 1. The molecule has 2 N–H and O–H groups in total. The van der Waals surface area contributed by atoms with E-state index in [1.807, 2.05) is 6.20 Å². The topological polar surface area (TPSA) is 59.5 Å². The van der Waals surface area contributed by atoms with Gasteiger partial charge in [0, 0.05) is 19.3 Å². The van der Waals surface area contributed by atoms with E-state index in [-0.39, 0.29) is 0 Å². The minimum Gasteiger partial charge on any atom is -0.384 e. The molecule has 0 unspecified atom stereocenters. The monoisotopic (exact) mass is 217 g/mol. The minimum absolute atomic E-state index is 0.633. The third-order valence-corrected chi connectivity index (χ3v) is 3.11. The maximum Gasteiger partial charge on any atom is 0.180 e. The third kappa shape index (κ3) is 1.39. The second kappa shape index (κ2) is 3.66. The van der Waals surface area contributed by atoms with Crippen LogP contribution in [0, 0.1) is 0 Å². The SMILES string of the molecule is Nc1ccnc2c(N3CCCCC3)cnn12. The van der Waals surface area contributed by atoms with Gasteiger partial charge in [-0.25, -0.2) is 4.98 Å². The molecule has 2 aromatic rings. The van der Waals surface area contributed by atoms with Gasteiger partial charge in [-0.2, -0.15) is 9.61 Å². The fourth-order valence-corrected chi connectivity index (χ4v) is 2.26. The molecule has 0 radical (unpaired) electrons. The summed E-state index contributed by atoms with van der Waals surface area (Å²) in [6.07, 6.45) is 7.42. The molecule has 0 saturated carbocycles. The van der Waals surface area contributed by atoms with E-state index in [1.54, 1.807) is 16.8 Å². The van der Waals surface area contributed by atoms with E-state index < -0.39 is 0 Å². The normalized spacial score (nSPS) is 16.9. The Balaban J connectivity index is 2.06. The van der Waals surface area contributed by atoms with Crippen molar-refractivity contribution in [2.75, 3.05) is 23.7 Å². The lowest BCUT2D eigenvalue weighted by Gasteiger charge is -2.27.